The molecule has 6 heterocycles. The summed E-state index contributed by atoms with van der Waals surface area (Å²) in [6, 6.07) is 22.0. The largest absolute Gasteiger partial charge is 0.478 e. The molecule has 0 spiro atoms. The fraction of sp³-hybridized carbons (Fsp3) is 0.250. The minimum atomic E-state index is -0.905. The first-order valence-electron chi connectivity index (χ1n) is 22.0. The van der Waals surface area contributed by atoms with E-state index in [0.717, 1.165) is 133 Å². The molecule has 0 aliphatic heterocycles. The molecule has 344 valence electrons. The minimum Gasteiger partial charge on any atom is -0.478 e. The van der Waals surface area contributed by atoms with Gasteiger partial charge < -0.3 is 37.3 Å². The zero-order valence-corrected chi connectivity index (χ0v) is 40.9. The number of H-pyrrole nitrogens is 4. The molecule has 0 radical (unpaired) electrons. The summed E-state index contributed by atoms with van der Waals surface area (Å²) in [5.41, 5.74) is 28.5. The predicted octanol–water partition coefficient (Wildman–Crippen LogP) is 10.1. The van der Waals surface area contributed by atoms with Gasteiger partial charge in [-0.15, -0.1) is 5.10 Å². The maximum Gasteiger partial charge on any atom is 0.336 e. The van der Waals surface area contributed by atoms with E-state index in [1.807, 2.05) is 54.6 Å². The lowest BCUT2D eigenvalue weighted by atomic mass is 9.97. The van der Waals surface area contributed by atoms with Crippen molar-refractivity contribution in [2.24, 2.45) is 0 Å². The molecule has 3 aromatic carbocycles. The highest BCUT2D eigenvalue weighted by Crippen LogP contribution is 2.31. The Morgan fingerprint density at radius 3 is 1.58 bits per heavy atom. The van der Waals surface area contributed by atoms with Crippen molar-refractivity contribution in [2.45, 2.75) is 77.0 Å². The van der Waals surface area contributed by atoms with Crippen LogP contribution in [-0.2, 0) is 38.5 Å². The first-order valence-corrected chi connectivity index (χ1v) is 24.4. The van der Waals surface area contributed by atoms with Gasteiger partial charge in [0.1, 0.15) is 17.5 Å². The predicted molar refractivity (Wildman–Crippen MR) is 271 cm³/mol. The third kappa shape index (κ3) is 9.31. The van der Waals surface area contributed by atoms with Crippen LogP contribution in [-0.4, -0.2) is 67.6 Å². The fourth-order valence-electron chi connectivity index (χ4n) is 9.19. The van der Waals surface area contributed by atoms with Crippen molar-refractivity contribution in [3.63, 3.8) is 0 Å². The van der Waals surface area contributed by atoms with Crippen molar-refractivity contribution < 1.29 is 19.5 Å². The zero-order chi connectivity index (χ0) is 46.9. The summed E-state index contributed by atoms with van der Waals surface area (Å²) in [7, 11) is 0. The number of aromatic carboxylic acids is 1. The smallest absolute Gasteiger partial charge is 0.336 e. The molecule has 6 aromatic heterocycles. The van der Waals surface area contributed by atoms with Crippen LogP contribution in [0.4, 0.5) is 17.5 Å². The summed E-state index contributed by atoms with van der Waals surface area (Å²) < 4.78 is 5.35. The van der Waals surface area contributed by atoms with Gasteiger partial charge in [0.05, 0.1) is 41.9 Å². The van der Waals surface area contributed by atoms with E-state index < -0.39 is 5.97 Å². The number of aromatic nitrogens is 9. The van der Waals surface area contributed by atoms with Gasteiger partial charge in [0.2, 0.25) is 0 Å². The first kappa shape index (κ1) is 45.7. The third-order valence-electron chi connectivity index (χ3n) is 12.5. The number of carboxylic acids is 1. The molecule has 0 saturated heterocycles. The monoisotopic (exact) mass is 1090 g/mol. The van der Waals surface area contributed by atoms with Crippen LogP contribution in [0.2, 0.25) is 0 Å². The molecule has 11 N–H and O–H groups in total. The molecule has 0 bridgehead atoms. The summed E-state index contributed by atoms with van der Waals surface area (Å²) >= 11 is 10.1. The van der Waals surface area contributed by atoms with E-state index >= 15 is 0 Å². The number of nitrogens with one attached hydrogen (secondary N) is 4. The van der Waals surface area contributed by atoms with Crippen LogP contribution in [0, 0.1) is 0 Å². The molecule has 0 fully saturated rings. The van der Waals surface area contributed by atoms with Gasteiger partial charge in [0, 0.05) is 55.1 Å². The normalized spacial score (nSPS) is 13.9. The summed E-state index contributed by atoms with van der Waals surface area (Å²) in [5.74, 6) is 0.486. The number of anilines is 3. The Labute approximate surface area is 408 Å². The molecule has 12 rings (SSSR count). The van der Waals surface area contributed by atoms with E-state index in [4.69, 9.17) is 22.3 Å². The second kappa shape index (κ2) is 19.4. The number of nitrogens with two attached hydrogens (primary N) is 3. The van der Waals surface area contributed by atoms with Crippen molar-refractivity contribution in [3.8, 4) is 0 Å². The molecule has 0 amide bonds. The second-order valence-corrected chi connectivity index (χ2v) is 19.3. The lowest BCUT2D eigenvalue weighted by Crippen LogP contribution is -2.18. The SMILES string of the molecule is Nc1c2c(nn1C(=O)c1cccc3[nH]c(Br)cc13)CCCC2.Nc1n[nH]c2c1CCCC2.Nc1nn(C(=O)c2cccc3[nH]c(Br)cc23)c2c1CCCC2.O=C(O)c1cccc2[nH]c(Br)cc12. The molecule has 19 heteroatoms. The van der Waals surface area contributed by atoms with E-state index in [9.17, 15) is 14.4 Å². The number of hydrogen-bond acceptors (Lipinski definition) is 9. The summed E-state index contributed by atoms with van der Waals surface area (Å²) in [6.07, 6.45) is 12.8. The van der Waals surface area contributed by atoms with Gasteiger partial charge in [0.25, 0.3) is 11.8 Å². The maximum atomic E-state index is 13.0. The van der Waals surface area contributed by atoms with Gasteiger partial charge in [-0.1, -0.05) is 18.2 Å². The quantitative estimate of drug-likeness (QED) is 0.0830. The number of aryl methyl sites for hydroxylation is 2. The van der Waals surface area contributed by atoms with Crippen molar-refractivity contribution in [1.82, 2.24) is 44.7 Å². The number of nitrogen functional groups attached to an aromatic ring is 3. The van der Waals surface area contributed by atoms with Crippen LogP contribution in [0.3, 0.4) is 0 Å². The second-order valence-electron chi connectivity index (χ2n) is 16.7. The topological polar surface area (TPSA) is 261 Å². The van der Waals surface area contributed by atoms with Crippen molar-refractivity contribution in [1.29, 1.82) is 0 Å². The number of hydrogen-bond donors (Lipinski definition) is 8. The summed E-state index contributed by atoms with van der Waals surface area (Å²) in [4.78, 5) is 46.0. The zero-order valence-electron chi connectivity index (χ0n) is 36.2. The van der Waals surface area contributed by atoms with E-state index in [1.54, 1.807) is 18.2 Å². The molecule has 9 aromatic rings. The van der Waals surface area contributed by atoms with Crippen LogP contribution in [0.5, 0.6) is 0 Å². The van der Waals surface area contributed by atoms with E-state index in [1.165, 1.54) is 33.5 Å². The molecular weight excluding hydrogens is 1050 g/mol. The van der Waals surface area contributed by atoms with E-state index in [-0.39, 0.29) is 11.8 Å². The molecule has 0 saturated carbocycles. The third-order valence-corrected chi connectivity index (χ3v) is 13.7. The van der Waals surface area contributed by atoms with Gasteiger partial charge in [-0.25, -0.2) is 4.79 Å². The number of nitrogens with zero attached hydrogens (tertiary/aromatic N) is 5. The van der Waals surface area contributed by atoms with E-state index in [0.29, 0.717) is 34.1 Å². The number of benzene rings is 3. The number of rotatable bonds is 3. The molecule has 0 atom stereocenters. The highest BCUT2D eigenvalue weighted by atomic mass is 79.9. The van der Waals surface area contributed by atoms with E-state index in [2.05, 4.69) is 83.1 Å². The number of fused-ring (bicyclic) bond motifs is 6. The van der Waals surface area contributed by atoms with Crippen molar-refractivity contribution in [3.05, 3.63) is 137 Å². The average Bonchev–Trinajstić information content (AvgIpc) is 4.20. The highest BCUT2D eigenvalue weighted by molar-refractivity contribution is 9.11. The van der Waals surface area contributed by atoms with Crippen LogP contribution >= 0.6 is 47.8 Å². The number of aromatic amines is 4. The Bertz CT molecular complexity index is 3330. The fourth-order valence-corrected chi connectivity index (χ4v) is 10.5. The van der Waals surface area contributed by atoms with Crippen molar-refractivity contribution in [2.75, 3.05) is 17.2 Å². The lowest BCUT2D eigenvalue weighted by Gasteiger charge is -2.13. The highest BCUT2D eigenvalue weighted by Gasteiger charge is 2.26. The molecule has 3 aliphatic rings. The van der Waals surface area contributed by atoms with Gasteiger partial charge >= 0.3 is 5.97 Å². The first-order chi connectivity index (χ1) is 32.4. The molecule has 67 heavy (non-hydrogen) atoms. The summed E-state index contributed by atoms with van der Waals surface area (Å²) in [6.45, 7) is 0. The molecule has 3 aliphatic carbocycles. The van der Waals surface area contributed by atoms with Gasteiger partial charge in [-0.3, -0.25) is 14.7 Å². The lowest BCUT2D eigenvalue weighted by molar-refractivity contribution is 0.0698. The van der Waals surface area contributed by atoms with Crippen LogP contribution in [0.1, 0.15) is 103 Å². The number of halogens is 3. The molecular formula is C48H47Br3N12O4. The van der Waals surface area contributed by atoms with Gasteiger partial charge in [-0.2, -0.15) is 19.6 Å². The Hall–Kier alpha value is -6.44. The summed E-state index contributed by atoms with van der Waals surface area (Å²) in [5, 5.41) is 27.0. The Kier molecular flexibility index (Phi) is 13.2. The number of carbonyl (C=O) groups is 3. The van der Waals surface area contributed by atoms with Crippen LogP contribution < -0.4 is 17.2 Å². The molecule has 0 unspecified atom stereocenters. The molecule has 16 nitrogen and oxygen atoms in total. The van der Waals surface area contributed by atoms with Gasteiger partial charge in [0.15, 0.2) is 0 Å². The number of carboxylic acid groups (broad SMARTS) is 1. The number of carbonyl (C=O) groups excluding carboxylic acids is 2. The van der Waals surface area contributed by atoms with Crippen LogP contribution in [0.25, 0.3) is 32.7 Å². The van der Waals surface area contributed by atoms with Gasteiger partial charge in [-0.05, 0) is 179 Å². The standard InChI is InChI=1S/2C16H15BrN4O.C9H6BrNO2.C7H11N3/c17-14-8-11-9(5-3-6-12(11)19-14)16(22)21-13-7-2-1-4-10(13)15(18)20-21;17-14-8-11-9(5-3-7-12(11)19-14)16(22)21-15(18)10-4-1-2-6-13(10)20-21;10-8-4-6-5(9(12)13)2-1-3-7(6)11-8;8-7-5-3-1-2-4-6(5)9-10-7/h3,5-6,8,19H,1-2,4,7H2,(H2,18,20);3,5,7-8,19H,1-2,4,6,18H2;1-4,11H,(H,12,13);1-4H2,(H3,8,9,10). The minimum absolute atomic E-state index is 0.119. The Balaban J connectivity index is 0.000000117. The Morgan fingerprint density at radius 2 is 1.03 bits per heavy atom. The van der Waals surface area contributed by atoms with Crippen molar-refractivity contribution >= 4 is 116 Å². The Morgan fingerprint density at radius 1 is 0.552 bits per heavy atom. The van der Waals surface area contributed by atoms with Crippen LogP contribution in [0.15, 0.2) is 86.6 Å². The average molecular weight is 1100 g/mol. The maximum absolute atomic E-state index is 13.0.